The van der Waals surface area contributed by atoms with Gasteiger partial charge >= 0.3 is 0 Å². The normalized spacial score (nSPS) is 15.9. The number of H-pyrrole nitrogens is 1. The van der Waals surface area contributed by atoms with Crippen LogP contribution < -0.4 is 5.32 Å². The molecule has 2 N–H and O–H groups in total. The van der Waals surface area contributed by atoms with Crippen molar-refractivity contribution >= 4 is 38.2 Å². The molecule has 0 bridgehead atoms. The Kier molecular flexibility index (Phi) is 6.54. The van der Waals surface area contributed by atoms with Crippen molar-refractivity contribution in [2.24, 2.45) is 0 Å². The topological polar surface area (TPSA) is 82.3 Å². The van der Waals surface area contributed by atoms with Crippen molar-refractivity contribution in [1.29, 1.82) is 0 Å². The number of sulfonamides is 1. The number of aromatic amines is 1. The molecule has 0 spiro atoms. The molecule has 176 valence electrons. The summed E-state index contributed by atoms with van der Waals surface area (Å²) in [6, 6.07) is 18.6. The molecule has 0 aliphatic carbocycles. The molecule has 4 aromatic rings. The lowest BCUT2D eigenvalue weighted by atomic mass is 9.96. The van der Waals surface area contributed by atoms with Crippen LogP contribution in [0.25, 0.3) is 10.9 Å². The number of hydrogen-bond donors (Lipinski definition) is 2. The average molecular weight is 494 g/mol. The maximum Gasteiger partial charge on any atom is 0.251 e. The van der Waals surface area contributed by atoms with E-state index in [0.717, 1.165) is 40.6 Å². The second kappa shape index (κ2) is 9.74. The number of hydrogen-bond acceptors (Lipinski definition) is 4. The molecular formula is C26H27N3O3S2. The molecule has 1 saturated heterocycles. The molecule has 0 unspecified atom stereocenters. The smallest absolute Gasteiger partial charge is 0.251 e. The molecule has 0 saturated carbocycles. The van der Waals surface area contributed by atoms with Crippen LogP contribution in [0, 0.1) is 0 Å². The SMILES string of the molecule is O=C(NC[C@@H](c1cccs1)c1c[nH]c2ccccc12)c1cccc(S(=O)(=O)N2CCCCC2)c1. The molecule has 1 fully saturated rings. The number of nitrogens with zero attached hydrogens (tertiary/aromatic N) is 1. The monoisotopic (exact) mass is 493 g/mol. The first-order chi connectivity index (χ1) is 16.5. The quantitative estimate of drug-likeness (QED) is 0.382. The Hall–Kier alpha value is -2.94. The number of rotatable bonds is 7. The van der Waals surface area contributed by atoms with Gasteiger partial charge in [-0.15, -0.1) is 11.3 Å². The van der Waals surface area contributed by atoms with E-state index in [-0.39, 0.29) is 16.7 Å². The molecule has 0 radical (unpaired) electrons. The molecule has 1 amide bonds. The van der Waals surface area contributed by atoms with Crippen molar-refractivity contribution in [3.63, 3.8) is 0 Å². The maximum absolute atomic E-state index is 13.1. The van der Waals surface area contributed by atoms with E-state index in [0.29, 0.717) is 25.2 Å². The third-order valence-corrected chi connectivity index (χ3v) is 9.28. The van der Waals surface area contributed by atoms with Gasteiger partial charge in [-0.1, -0.05) is 36.8 Å². The maximum atomic E-state index is 13.1. The van der Waals surface area contributed by atoms with Crippen LogP contribution in [0.5, 0.6) is 0 Å². The van der Waals surface area contributed by atoms with Gasteiger partial charge < -0.3 is 10.3 Å². The van der Waals surface area contributed by atoms with Crippen molar-refractivity contribution in [2.45, 2.75) is 30.1 Å². The van der Waals surface area contributed by atoms with E-state index in [2.05, 4.69) is 22.4 Å². The zero-order chi connectivity index (χ0) is 23.5. The minimum atomic E-state index is -3.59. The Labute approximate surface area is 203 Å². The summed E-state index contributed by atoms with van der Waals surface area (Å²) in [6.07, 6.45) is 4.80. The number of carbonyl (C=O) groups excluding carboxylic acids is 1. The Morgan fingerprint density at radius 3 is 2.65 bits per heavy atom. The van der Waals surface area contributed by atoms with Crippen LogP contribution in [-0.2, 0) is 10.0 Å². The first-order valence-corrected chi connectivity index (χ1v) is 13.8. The fourth-order valence-corrected chi connectivity index (χ4v) is 6.99. The number of para-hydroxylation sites is 1. The van der Waals surface area contributed by atoms with Crippen molar-refractivity contribution < 1.29 is 13.2 Å². The molecule has 6 nitrogen and oxygen atoms in total. The number of fused-ring (bicyclic) bond motifs is 1. The fraction of sp³-hybridized carbons (Fsp3) is 0.269. The lowest BCUT2D eigenvalue weighted by molar-refractivity contribution is 0.0952. The molecule has 5 rings (SSSR count). The summed E-state index contributed by atoms with van der Waals surface area (Å²) in [7, 11) is -3.59. The van der Waals surface area contributed by atoms with Gasteiger partial charge in [-0.3, -0.25) is 4.79 Å². The highest BCUT2D eigenvalue weighted by atomic mass is 32.2. The summed E-state index contributed by atoms with van der Waals surface area (Å²) in [6.45, 7) is 1.47. The molecule has 8 heteroatoms. The third-order valence-electron chi connectivity index (χ3n) is 6.40. The largest absolute Gasteiger partial charge is 0.361 e. The lowest BCUT2D eigenvalue weighted by Crippen LogP contribution is -2.35. The molecule has 2 aromatic carbocycles. The van der Waals surface area contributed by atoms with Crippen LogP contribution in [0.1, 0.15) is 46.0 Å². The highest BCUT2D eigenvalue weighted by molar-refractivity contribution is 7.89. The minimum absolute atomic E-state index is 0.0136. The zero-order valence-electron chi connectivity index (χ0n) is 18.7. The minimum Gasteiger partial charge on any atom is -0.361 e. The van der Waals surface area contributed by atoms with Crippen LogP contribution in [0.2, 0.25) is 0 Å². The van der Waals surface area contributed by atoms with Crippen LogP contribution >= 0.6 is 11.3 Å². The first kappa shape index (κ1) is 22.8. The molecule has 1 atom stereocenters. The highest BCUT2D eigenvalue weighted by Gasteiger charge is 2.27. The van der Waals surface area contributed by atoms with Gasteiger partial charge in [-0.05, 0) is 54.1 Å². The Morgan fingerprint density at radius 2 is 1.85 bits per heavy atom. The molecule has 3 heterocycles. The fourth-order valence-electron chi connectivity index (χ4n) is 4.58. The lowest BCUT2D eigenvalue weighted by Gasteiger charge is -2.26. The van der Waals surface area contributed by atoms with Crippen molar-refractivity contribution in [3.8, 4) is 0 Å². The van der Waals surface area contributed by atoms with E-state index < -0.39 is 10.0 Å². The van der Waals surface area contributed by atoms with Crippen LogP contribution in [0.15, 0.2) is 77.1 Å². The predicted octanol–water partition coefficient (Wildman–Crippen LogP) is 4.97. The average Bonchev–Trinajstić information content (AvgIpc) is 3.56. The summed E-state index contributed by atoms with van der Waals surface area (Å²) < 4.78 is 27.6. The Balaban J connectivity index is 1.37. The second-order valence-corrected chi connectivity index (χ2v) is 11.5. The van der Waals surface area contributed by atoms with Crippen LogP contribution in [0.3, 0.4) is 0 Å². The first-order valence-electron chi connectivity index (χ1n) is 11.5. The molecule has 34 heavy (non-hydrogen) atoms. The number of aromatic nitrogens is 1. The van der Waals surface area contributed by atoms with Crippen molar-refractivity contribution in [1.82, 2.24) is 14.6 Å². The van der Waals surface area contributed by atoms with E-state index in [4.69, 9.17) is 0 Å². The number of carbonyl (C=O) groups is 1. The van der Waals surface area contributed by atoms with Gasteiger partial charge in [0.15, 0.2) is 0 Å². The van der Waals surface area contributed by atoms with E-state index in [1.807, 2.05) is 35.8 Å². The zero-order valence-corrected chi connectivity index (χ0v) is 20.4. The van der Waals surface area contributed by atoms with E-state index in [9.17, 15) is 13.2 Å². The molecule has 1 aliphatic heterocycles. The van der Waals surface area contributed by atoms with Gasteiger partial charge in [0.1, 0.15) is 0 Å². The third kappa shape index (κ3) is 4.53. The van der Waals surface area contributed by atoms with Crippen LogP contribution in [0.4, 0.5) is 0 Å². The number of piperidine rings is 1. The summed E-state index contributed by atoms with van der Waals surface area (Å²) >= 11 is 1.66. The van der Waals surface area contributed by atoms with Crippen molar-refractivity contribution in [2.75, 3.05) is 19.6 Å². The summed E-state index contributed by atoms with van der Waals surface area (Å²) in [5, 5.41) is 6.21. The summed E-state index contributed by atoms with van der Waals surface area (Å²) in [4.78, 5) is 17.7. The van der Waals surface area contributed by atoms with E-state index in [1.54, 1.807) is 29.5 Å². The number of benzene rings is 2. The number of nitrogens with one attached hydrogen (secondary N) is 2. The number of thiophene rings is 1. The van der Waals surface area contributed by atoms with Gasteiger partial charge in [-0.25, -0.2) is 8.42 Å². The van der Waals surface area contributed by atoms with Gasteiger partial charge in [0.25, 0.3) is 5.91 Å². The second-order valence-electron chi connectivity index (χ2n) is 8.56. The summed E-state index contributed by atoms with van der Waals surface area (Å²) in [5.74, 6) is -0.294. The van der Waals surface area contributed by atoms with Crippen LogP contribution in [-0.4, -0.2) is 43.2 Å². The summed E-state index contributed by atoms with van der Waals surface area (Å²) in [5.41, 5.74) is 2.53. The number of amides is 1. The van der Waals surface area contributed by atoms with Gasteiger partial charge in [0.05, 0.1) is 4.90 Å². The van der Waals surface area contributed by atoms with Crippen molar-refractivity contribution in [3.05, 3.63) is 88.2 Å². The Morgan fingerprint density at radius 1 is 1.03 bits per heavy atom. The highest BCUT2D eigenvalue weighted by Crippen LogP contribution is 2.33. The molecule has 1 aliphatic rings. The standard InChI is InChI=1S/C26H27N3O3S2/c30-26(19-8-6-9-20(16-19)34(31,32)29-13-4-1-5-14-29)28-18-23(25-12-7-15-33-25)22-17-27-24-11-3-2-10-21(22)24/h2-3,6-12,15-17,23,27H,1,4-5,13-14,18H2,(H,28,30)/t23-/m1/s1. The van der Waals surface area contributed by atoms with Gasteiger partial charge in [0.2, 0.25) is 10.0 Å². The van der Waals surface area contributed by atoms with Gasteiger partial charge in [-0.2, -0.15) is 4.31 Å². The van der Waals surface area contributed by atoms with Gasteiger partial charge in [0, 0.05) is 53.1 Å². The van der Waals surface area contributed by atoms with E-state index in [1.165, 1.54) is 10.4 Å². The molecular weight excluding hydrogens is 466 g/mol. The van der Waals surface area contributed by atoms with E-state index >= 15 is 0 Å². The predicted molar refractivity (Wildman–Crippen MR) is 136 cm³/mol. The Bertz CT molecular complexity index is 1390. The molecule has 2 aromatic heterocycles.